The first kappa shape index (κ1) is 15.7. The lowest BCUT2D eigenvalue weighted by Crippen LogP contribution is -2.24. The number of aryl methyl sites for hydroxylation is 1. The second-order valence-electron chi connectivity index (χ2n) is 5.28. The van der Waals surface area contributed by atoms with E-state index in [0.29, 0.717) is 17.0 Å². The quantitative estimate of drug-likeness (QED) is 0.670. The van der Waals surface area contributed by atoms with E-state index in [-0.39, 0.29) is 16.8 Å². The number of pyridine rings is 1. The molecule has 0 aliphatic carbocycles. The van der Waals surface area contributed by atoms with E-state index in [2.05, 4.69) is 15.6 Å². The van der Waals surface area contributed by atoms with Crippen molar-refractivity contribution in [3.8, 4) is 0 Å². The SMILES string of the molecule is Cc1ccc2[nH]cc(NC(=O)Nc3ccc(F)cc3F)c(=O)c2c1. The molecule has 0 bridgehead atoms. The van der Waals surface area contributed by atoms with E-state index in [1.165, 1.54) is 6.20 Å². The Hall–Kier alpha value is -3.22. The minimum Gasteiger partial charge on any atom is -0.359 e. The zero-order chi connectivity index (χ0) is 17.3. The van der Waals surface area contributed by atoms with Crippen LogP contribution in [-0.4, -0.2) is 11.0 Å². The van der Waals surface area contributed by atoms with E-state index < -0.39 is 17.7 Å². The molecule has 7 heteroatoms. The number of nitrogens with one attached hydrogen (secondary N) is 3. The summed E-state index contributed by atoms with van der Waals surface area (Å²) in [4.78, 5) is 27.2. The Morgan fingerprint density at radius 2 is 1.79 bits per heavy atom. The van der Waals surface area contributed by atoms with Crippen molar-refractivity contribution in [3.63, 3.8) is 0 Å². The van der Waals surface area contributed by atoms with Crippen molar-refractivity contribution in [1.82, 2.24) is 4.98 Å². The molecule has 0 unspecified atom stereocenters. The van der Waals surface area contributed by atoms with Crippen molar-refractivity contribution in [2.24, 2.45) is 0 Å². The Labute approximate surface area is 135 Å². The van der Waals surface area contributed by atoms with Crippen LogP contribution in [-0.2, 0) is 0 Å². The fourth-order valence-corrected chi connectivity index (χ4v) is 2.29. The lowest BCUT2D eigenvalue weighted by Gasteiger charge is -2.09. The number of carbonyl (C=O) groups is 1. The van der Waals surface area contributed by atoms with Crippen LogP contribution in [0.15, 0.2) is 47.4 Å². The standard InChI is InChI=1S/C17H13F2N3O2/c1-9-2-4-13-11(6-9)16(23)15(8-20-13)22-17(24)21-14-5-3-10(18)7-12(14)19/h2-8H,1H3,(H,20,23)(H2,21,22,24). The van der Waals surface area contributed by atoms with Gasteiger partial charge in [0, 0.05) is 23.2 Å². The zero-order valence-corrected chi connectivity index (χ0v) is 12.6. The lowest BCUT2D eigenvalue weighted by atomic mass is 10.1. The Kier molecular flexibility index (Phi) is 3.99. The summed E-state index contributed by atoms with van der Waals surface area (Å²) in [7, 11) is 0. The largest absolute Gasteiger partial charge is 0.359 e. The highest BCUT2D eigenvalue weighted by atomic mass is 19.1. The number of aromatic nitrogens is 1. The number of H-pyrrole nitrogens is 1. The molecular formula is C17H13F2N3O2. The van der Waals surface area contributed by atoms with Gasteiger partial charge in [0.2, 0.25) is 5.43 Å². The molecule has 2 aromatic carbocycles. The first-order valence-electron chi connectivity index (χ1n) is 7.09. The van der Waals surface area contributed by atoms with Crippen molar-refractivity contribution in [2.45, 2.75) is 6.92 Å². The molecule has 0 atom stereocenters. The van der Waals surface area contributed by atoms with Crippen LogP contribution in [0.1, 0.15) is 5.56 Å². The summed E-state index contributed by atoms with van der Waals surface area (Å²) in [6, 6.07) is 7.29. The van der Waals surface area contributed by atoms with Crippen molar-refractivity contribution in [3.05, 3.63) is 70.0 Å². The van der Waals surface area contributed by atoms with Crippen LogP contribution < -0.4 is 16.1 Å². The maximum Gasteiger partial charge on any atom is 0.323 e. The molecule has 1 heterocycles. The molecule has 122 valence electrons. The Morgan fingerprint density at radius 1 is 1.04 bits per heavy atom. The predicted molar refractivity (Wildman–Crippen MR) is 88.3 cm³/mol. The highest BCUT2D eigenvalue weighted by molar-refractivity contribution is 6.00. The van der Waals surface area contributed by atoms with Crippen LogP contribution in [0.3, 0.4) is 0 Å². The summed E-state index contributed by atoms with van der Waals surface area (Å²) in [6.07, 6.45) is 1.36. The van der Waals surface area contributed by atoms with E-state index in [4.69, 9.17) is 0 Å². The van der Waals surface area contributed by atoms with Gasteiger partial charge in [-0.05, 0) is 31.2 Å². The van der Waals surface area contributed by atoms with Crippen LogP contribution >= 0.6 is 0 Å². The molecule has 3 rings (SSSR count). The van der Waals surface area contributed by atoms with E-state index in [0.717, 1.165) is 17.7 Å². The van der Waals surface area contributed by atoms with Crippen LogP contribution in [0.5, 0.6) is 0 Å². The Bertz CT molecular complexity index is 999. The number of aromatic amines is 1. The van der Waals surface area contributed by atoms with Gasteiger partial charge >= 0.3 is 6.03 Å². The molecule has 3 N–H and O–H groups in total. The molecular weight excluding hydrogens is 316 g/mol. The number of fused-ring (bicyclic) bond motifs is 1. The fraction of sp³-hybridized carbons (Fsp3) is 0.0588. The molecule has 0 fully saturated rings. The normalized spacial score (nSPS) is 10.6. The molecule has 3 aromatic rings. The molecule has 0 radical (unpaired) electrons. The third-order valence-electron chi connectivity index (χ3n) is 3.46. The molecule has 24 heavy (non-hydrogen) atoms. The van der Waals surface area contributed by atoms with Gasteiger partial charge in [0.15, 0.2) is 0 Å². The molecule has 0 spiro atoms. The van der Waals surface area contributed by atoms with Gasteiger partial charge in [0.1, 0.15) is 17.3 Å². The Morgan fingerprint density at radius 3 is 2.54 bits per heavy atom. The third kappa shape index (κ3) is 3.10. The summed E-state index contributed by atoms with van der Waals surface area (Å²) >= 11 is 0. The van der Waals surface area contributed by atoms with Crippen LogP contribution in [0, 0.1) is 18.6 Å². The minimum absolute atomic E-state index is 0.0214. The van der Waals surface area contributed by atoms with E-state index in [9.17, 15) is 18.4 Å². The zero-order valence-electron chi connectivity index (χ0n) is 12.6. The van der Waals surface area contributed by atoms with Gasteiger partial charge in [-0.1, -0.05) is 11.6 Å². The van der Waals surface area contributed by atoms with Gasteiger partial charge in [0.05, 0.1) is 5.69 Å². The van der Waals surface area contributed by atoms with E-state index >= 15 is 0 Å². The summed E-state index contributed by atoms with van der Waals surface area (Å²) in [5, 5.41) is 5.02. The van der Waals surface area contributed by atoms with Gasteiger partial charge in [-0.25, -0.2) is 13.6 Å². The smallest absolute Gasteiger partial charge is 0.323 e. The maximum atomic E-state index is 13.5. The van der Waals surface area contributed by atoms with Crippen LogP contribution in [0.2, 0.25) is 0 Å². The Balaban J connectivity index is 1.85. The lowest BCUT2D eigenvalue weighted by molar-refractivity contribution is 0.262. The number of carbonyl (C=O) groups excluding carboxylic acids is 1. The number of halogens is 2. The number of rotatable bonds is 2. The molecule has 0 saturated carbocycles. The van der Waals surface area contributed by atoms with Gasteiger partial charge in [0.25, 0.3) is 0 Å². The predicted octanol–water partition coefficient (Wildman–Crippen LogP) is 3.76. The first-order chi connectivity index (χ1) is 11.4. The van der Waals surface area contributed by atoms with E-state index in [1.807, 2.05) is 13.0 Å². The second-order valence-corrected chi connectivity index (χ2v) is 5.28. The number of benzene rings is 2. The van der Waals surface area contributed by atoms with Crippen molar-refractivity contribution >= 4 is 28.3 Å². The van der Waals surface area contributed by atoms with Crippen LogP contribution in [0.25, 0.3) is 10.9 Å². The topological polar surface area (TPSA) is 74.0 Å². The summed E-state index contributed by atoms with van der Waals surface area (Å²) in [5.41, 5.74) is 1.02. The van der Waals surface area contributed by atoms with Gasteiger partial charge in [-0.2, -0.15) is 0 Å². The fourth-order valence-electron chi connectivity index (χ4n) is 2.29. The van der Waals surface area contributed by atoms with Gasteiger partial charge < -0.3 is 15.6 Å². The average Bonchev–Trinajstić information content (AvgIpc) is 2.53. The summed E-state index contributed by atoms with van der Waals surface area (Å²) in [6.45, 7) is 1.85. The molecule has 2 amide bonds. The van der Waals surface area contributed by atoms with Crippen molar-refractivity contribution in [2.75, 3.05) is 10.6 Å². The molecule has 0 aliphatic heterocycles. The van der Waals surface area contributed by atoms with Crippen LogP contribution in [0.4, 0.5) is 25.0 Å². The molecule has 0 saturated heterocycles. The number of amides is 2. The van der Waals surface area contributed by atoms with Gasteiger partial charge in [-0.15, -0.1) is 0 Å². The molecule has 0 aliphatic rings. The molecule has 5 nitrogen and oxygen atoms in total. The highest BCUT2D eigenvalue weighted by Gasteiger charge is 2.11. The summed E-state index contributed by atoms with van der Waals surface area (Å²) in [5.74, 6) is -1.66. The minimum atomic E-state index is -0.909. The highest BCUT2D eigenvalue weighted by Crippen LogP contribution is 2.16. The third-order valence-corrected chi connectivity index (χ3v) is 3.46. The number of urea groups is 1. The first-order valence-corrected chi connectivity index (χ1v) is 7.09. The monoisotopic (exact) mass is 329 g/mol. The number of hydrogen-bond donors (Lipinski definition) is 3. The number of hydrogen-bond acceptors (Lipinski definition) is 2. The summed E-state index contributed by atoms with van der Waals surface area (Å²) < 4.78 is 26.4. The van der Waals surface area contributed by atoms with Gasteiger partial charge in [-0.3, -0.25) is 4.79 Å². The maximum absolute atomic E-state index is 13.5. The van der Waals surface area contributed by atoms with Crippen molar-refractivity contribution in [1.29, 1.82) is 0 Å². The molecule has 1 aromatic heterocycles. The number of anilines is 2. The van der Waals surface area contributed by atoms with Crippen molar-refractivity contribution < 1.29 is 13.6 Å². The second kappa shape index (κ2) is 6.11. The average molecular weight is 329 g/mol. The van der Waals surface area contributed by atoms with E-state index in [1.54, 1.807) is 12.1 Å².